The van der Waals surface area contributed by atoms with Gasteiger partial charge < -0.3 is 5.11 Å². The molecule has 0 saturated carbocycles. The van der Waals surface area contributed by atoms with Gasteiger partial charge in [-0.1, -0.05) is 18.2 Å². The molecule has 126 valence electrons. The molecule has 0 amide bonds. The number of aliphatic hydroxyl groups excluding tert-OH is 1. The monoisotopic (exact) mass is 348 g/mol. The molecule has 2 N–H and O–H groups in total. The largest absolute Gasteiger partial charge is 0.387 e. The van der Waals surface area contributed by atoms with Crippen LogP contribution in [0.1, 0.15) is 29.7 Å². The normalized spacial score (nSPS) is 14.0. The molecule has 0 aliphatic heterocycles. The van der Waals surface area contributed by atoms with E-state index in [1.165, 1.54) is 43.3 Å². The molecule has 0 radical (unpaired) electrons. The van der Waals surface area contributed by atoms with Crippen molar-refractivity contribution in [3.05, 3.63) is 65.0 Å². The van der Waals surface area contributed by atoms with Gasteiger partial charge in [-0.3, -0.25) is 0 Å². The number of rotatable bonds is 5. The molecule has 7 heteroatoms. The van der Waals surface area contributed by atoms with Gasteiger partial charge in [0.05, 0.1) is 22.6 Å². The molecular formula is C17H17FN2O3S. The highest BCUT2D eigenvalue weighted by Gasteiger charge is 2.25. The minimum absolute atomic E-state index is 0.0142. The number of hydrogen-bond donors (Lipinski definition) is 2. The van der Waals surface area contributed by atoms with E-state index in [9.17, 15) is 17.9 Å². The summed E-state index contributed by atoms with van der Waals surface area (Å²) in [6.45, 7) is 3.13. The van der Waals surface area contributed by atoms with Gasteiger partial charge in [-0.2, -0.15) is 5.26 Å². The standard InChI is InChI=1S/C17H17FN2O3S/c1-11-3-4-13(10-19)9-16(11)24(22,23)20-12(2)17(21)14-5-7-15(18)8-6-14/h3-9,12,17,20-21H,1-2H3. The molecule has 0 saturated heterocycles. The first-order chi connectivity index (χ1) is 11.2. The number of halogens is 1. The Hall–Kier alpha value is -2.27. The first-order valence-corrected chi connectivity index (χ1v) is 8.69. The van der Waals surface area contributed by atoms with Gasteiger partial charge >= 0.3 is 0 Å². The Kier molecular flexibility index (Phi) is 5.34. The third kappa shape index (κ3) is 3.97. The van der Waals surface area contributed by atoms with Gasteiger partial charge in [0.25, 0.3) is 0 Å². The van der Waals surface area contributed by atoms with Crippen molar-refractivity contribution < 1.29 is 17.9 Å². The third-order valence-corrected chi connectivity index (χ3v) is 5.33. The SMILES string of the molecule is Cc1ccc(C#N)cc1S(=O)(=O)NC(C)C(O)c1ccc(F)cc1. The summed E-state index contributed by atoms with van der Waals surface area (Å²) >= 11 is 0. The van der Waals surface area contributed by atoms with Crippen molar-refractivity contribution in [2.75, 3.05) is 0 Å². The van der Waals surface area contributed by atoms with E-state index in [2.05, 4.69) is 4.72 Å². The molecule has 2 unspecified atom stereocenters. The topological polar surface area (TPSA) is 90.2 Å². The predicted octanol–water partition coefficient (Wildman–Crippen LogP) is 2.41. The second-order valence-electron chi connectivity index (χ2n) is 5.50. The number of aryl methyl sites for hydroxylation is 1. The van der Waals surface area contributed by atoms with Crippen LogP contribution in [0.15, 0.2) is 47.4 Å². The minimum atomic E-state index is -3.92. The van der Waals surface area contributed by atoms with Crippen molar-refractivity contribution in [3.63, 3.8) is 0 Å². The van der Waals surface area contributed by atoms with Crippen LogP contribution >= 0.6 is 0 Å². The maximum atomic E-state index is 12.9. The van der Waals surface area contributed by atoms with E-state index < -0.39 is 28.0 Å². The van der Waals surface area contributed by atoms with E-state index in [-0.39, 0.29) is 10.5 Å². The van der Waals surface area contributed by atoms with Gasteiger partial charge in [0, 0.05) is 6.04 Å². The fourth-order valence-corrected chi connectivity index (χ4v) is 3.80. The first kappa shape index (κ1) is 18.1. The third-order valence-electron chi connectivity index (χ3n) is 3.63. The van der Waals surface area contributed by atoms with Crippen LogP contribution in [0.4, 0.5) is 4.39 Å². The maximum absolute atomic E-state index is 12.9. The van der Waals surface area contributed by atoms with Crippen molar-refractivity contribution in [3.8, 4) is 6.07 Å². The Morgan fingerprint density at radius 1 is 1.21 bits per heavy atom. The smallest absolute Gasteiger partial charge is 0.241 e. The Labute approximate surface area is 140 Å². The second-order valence-corrected chi connectivity index (χ2v) is 7.18. The van der Waals surface area contributed by atoms with Crippen LogP contribution < -0.4 is 4.72 Å². The van der Waals surface area contributed by atoms with E-state index in [1.807, 2.05) is 6.07 Å². The van der Waals surface area contributed by atoms with Crippen LogP contribution in [0, 0.1) is 24.1 Å². The number of nitrogens with zero attached hydrogens (tertiary/aromatic N) is 1. The zero-order valence-corrected chi connectivity index (χ0v) is 14.0. The van der Waals surface area contributed by atoms with E-state index >= 15 is 0 Å². The fraction of sp³-hybridized carbons (Fsp3) is 0.235. The molecule has 0 fully saturated rings. The summed E-state index contributed by atoms with van der Waals surface area (Å²) in [5, 5.41) is 19.2. The lowest BCUT2D eigenvalue weighted by Gasteiger charge is -2.21. The molecule has 2 aromatic rings. The Morgan fingerprint density at radius 2 is 1.83 bits per heavy atom. The van der Waals surface area contributed by atoms with Gasteiger partial charge in [-0.25, -0.2) is 17.5 Å². The number of sulfonamides is 1. The summed E-state index contributed by atoms with van der Waals surface area (Å²) < 4.78 is 40.4. The van der Waals surface area contributed by atoms with Crippen LogP contribution in [-0.2, 0) is 10.0 Å². The predicted molar refractivity (Wildman–Crippen MR) is 87.0 cm³/mol. The molecule has 5 nitrogen and oxygen atoms in total. The van der Waals surface area contributed by atoms with Crippen LogP contribution in [0.25, 0.3) is 0 Å². The quantitative estimate of drug-likeness (QED) is 0.868. The van der Waals surface area contributed by atoms with Crippen molar-refractivity contribution in [2.24, 2.45) is 0 Å². The number of benzene rings is 2. The van der Waals surface area contributed by atoms with Gasteiger partial charge in [0.2, 0.25) is 10.0 Å². The van der Waals surface area contributed by atoms with Gasteiger partial charge in [0.1, 0.15) is 5.82 Å². The zero-order chi connectivity index (χ0) is 17.9. The van der Waals surface area contributed by atoms with Crippen molar-refractivity contribution in [2.45, 2.75) is 30.9 Å². The summed E-state index contributed by atoms with van der Waals surface area (Å²) in [4.78, 5) is -0.0142. The van der Waals surface area contributed by atoms with Crippen LogP contribution in [0.5, 0.6) is 0 Å². The summed E-state index contributed by atoms with van der Waals surface area (Å²) in [6, 6.07) is 10.6. The molecule has 2 aromatic carbocycles. The molecule has 0 aliphatic rings. The van der Waals surface area contributed by atoms with E-state index in [0.717, 1.165) is 0 Å². The summed E-state index contributed by atoms with van der Waals surface area (Å²) in [7, 11) is -3.92. The first-order valence-electron chi connectivity index (χ1n) is 7.21. The fourth-order valence-electron chi connectivity index (χ4n) is 2.28. The second kappa shape index (κ2) is 7.09. The molecule has 0 aliphatic carbocycles. The minimum Gasteiger partial charge on any atom is -0.387 e. The summed E-state index contributed by atoms with van der Waals surface area (Å²) in [6.07, 6.45) is -1.14. The average molecular weight is 348 g/mol. The lowest BCUT2D eigenvalue weighted by atomic mass is 10.0. The van der Waals surface area contributed by atoms with Crippen LogP contribution in [0.3, 0.4) is 0 Å². The van der Waals surface area contributed by atoms with E-state index in [4.69, 9.17) is 5.26 Å². The Bertz CT molecular complexity index is 874. The lowest BCUT2D eigenvalue weighted by molar-refractivity contribution is 0.146. The molecule has 0 heterocycles. The lowest BCUT2D eigenvalue weighted by Crippen LogP contribution is -2.37. The van der Waals surface area contributed by atoms with Crippen LogP contribution in [0.2, 0.25) is 0 Å². The van der Waals surface area contributed by atoms with Crippen molar-refractivity contribution in [1.82, 2.24) is 4.72 Å². The van der Waals surface area contributed by atoms with Crippen molar-refractivity contribution in [1.29, 1.82) is 5.26 Å². The van der Waals surface area contributed by atoms with E-state index in [1.54, 1.807) is 13.0 Å². The van der Waals surface area contributed by atoms with Crippen LogP contribution in [-0.4, -0.2) is 19.6 Å². The number of nitrogens with one attached hydrogen (secondary N) is 1. The highest BCUT2D eigenvalue weighted by Crippen LogP contribution is 2.21. The maximum Gasteiger partial charge on any atom is 0.241 e. The zero-order valence-electron chi connectivity index (χ0n) is 13.2. The number of nitriles is 1. The molecule has 2 atom stereocenters. The average Bonchev–Trinajstić information content (AvgIpc) is 2.54. The summed E-state index contributed by atoms with van der Waals surface area (Å²) in [5.41, 5.74) is 1.12. The van der Waals surface area contributed by atoms with Gasteiger partial charge in [-0.15, -0.1) is 0 Å². The van der Waals surface area contributed by atoms with Gasteiger partial charge in [-0.05, 0) is 49.2 Å². The molecule has 0 spiro atoms. The number of aliphatic hydroxyl groups is 1. The number of hydrogen-bond acceptors (Lipinski definition) is 4. The summed E-state index contributed by atoms with van der Waals surface area (Å²) in [5.74, 6) is -0.442. The Balaban J connectivity index is 2.25. The molecule has 2 rings (SSSR count). The molecular weight excluding hydrogens is 331 g/mol. The van der Waals surface area contributed by atoms with E-state index in [0.29, 0.717) is 11.1 Å². The highest BCUT2D eigenvalue weighted by molar-refractivity contribution is 7.89. The van der Waals surface area contributed by atoms with Crippen molar-refractivity contribution >= 4 is 10.0 Å². The molecule has 0 bridgehead atoms. The molecule has 0 aromatic heterocycles. The highest BCUT2D eigenvalue weighted by atomic mass is 32.2. The molecule has 24 heavy (non-hydrogen) atoms. The van der Waals surface area contributed by atoms with Gasteiger partial charge in [0.15, 0.2) is 0 Å². The Morgan fingerprint density at radius 3 is 2.42 bits per heavy atom.